The molecule has 4 heterocycles. The van der Waals surface area contributed by atoms with E-state index in [1.807, 2.05) is 18.2 Å². The van der Waals surface area contributed by atoms with Crippen LogP contribution in [0.4, 0.5) is 4.79 Å². The number of carbonyl (C=O) groups excluding carboxylic acids is 2. The van der Waals surface area contributed by atoms with E-state index in [1.165, 1.54) is 11.1 Å². The first-order valence-corrected chi connectivity index (χ1v) is 16.5. The van der Waals surface area contributed by atoms with Crippen molar-refractivity contribution in [1.29, 1.82) is 0 Å². The van der Waals surface area contributed by atoms with Gasteiger partial charge < -0.3 is 18.8 Å². The van der Waals surface area contributed by atoms with Crippen LogP contribution in [0.3, 0.4) is 0 Å². The van der Waals surface area contributed by atoms with Crippen molar-refractivity contribution in [2.24, 2.45) is 0 Å². The Morgan fingerprint density at radius 2 is 1.97 bits per heavy atom. The van der Waals surface area contributed by atoms with Gasteiger partial charge in [0.15, 0.2) is 0 Å². The number of carbonyl (C=O) groups is 2. The minimum atomic E-state index is -1.99. The first-order chi connectivity index (χ1) is 17.8. The molecule has 0 aliphatic carbocycles. The summed E-state index contributed by atoms with van der Waals surface area (Å²) in [6.07, 6.45) is 3.02. The van der Waals surface area contributed by atoms with Gasteiger partial charge in [-0.05, 0) is 66.4 Å². The van der Waals surface area contributed by atoms with Crippen LogP contribution in [0, 0.1) is 0 Å². The number of benzene rings is 1. The van der Waals surface area contributed by atoms with E-state index < -0.39 is 25.3 Å². The van der Waals surface area contributed by atoms with Gasteiger partial charge in [0.1, 0.15) is 12.4 Å². The summed E-state index contributed by atoms with van der Waals surface area (Å²) >= 11 is 5.61. The summed E-state index contributed by atoms with van der Waals surface area (Å²) in [7, 11) is -1.99. The van der Waals surface area contributed by atoms with E-state index in [1.54, 1.807) is 6.92 Å². The largest absolute Gasteiger partial charge is 0.543 e. The summed E-state index contributed by atoms with van der Waals surface area (Å²) in [6, 6.07) is 6.20. The number of hydrogen-bond donors (Lipinski definition) is 0. The van der Waals surface area contributed by atoms with Gasteiger partial charge in [-0.1, -0.05) is 34.6 Å². The highest BCUT2D eigenvalue weighted by atomic mass is 35.5. The van der Waals surface area contributed by atoms with Gasteiger partial charge in [0.05, 0.1) is 16.9 Å². The molecule has 1 aromatic carbocycles. The fourth-order valence-electron chi connectivity index (χ4n) is 5.47. The molecule has 0 radical (unpaired) electrons. The quantitative estimate of drug-likeness (QED) is 0.230. The number of pyridine rings is 1. The number of esters is 1. The SMILES string of the molecule is CCc1c2c(nc3ccc(O[Si](C)(C)C(C)(C)C)cc13)C1=CC3=C(COC(=O)C3(CC)OC(=O)Cl)CN1C2. The lowest BCUT2D eigenvalue weighted by Crippen LogP contribution is -2.50. The average molecular weight is 555 g/mol. The Morgan fingerprint density at radius 3 is 2.61 bits per heavy atom. The number of rotatable bonds is 5. The van der Waals surface area contributed by atoms with E-state index in [0.717, 1.165) is 40.0 Å². The Morgan fingerprint density at radius 1 is 1.24 bits per heavy atom. The summed E-state index contributed by atoms with van der Waals surface area (Å²) < 4.78 is 17.5. The molecule has 1 unspecified atom stereocenters. The zero-order chi connectivity index (χ0) is 27.6. The molecule has 0 spiro atoms. The van der Waals surface area contributed by atoms with Crippen LogP contribution < -0.4 is 4.43 Å². The lowest BCUT2D eigenvalue weighted by Gasteiger charge is -2.39. The van der Waals surface area contributed by atoms with E-state index in [2.05, 4.69) is 51.8 Å². The Kier molecular flexibility index (Phi) is 6.42. The molecule has 7 nitrogen and oxygen atoms in total. The normalized spacial score (nSPS) is 21.0. The van der Waals surface area contributed by atoms with Crippen molar-refractivity contribution in [2.45, 2.75) is 77.7 Å². The van der Waals surface area contributed by atoms with Crippen LogP contribution in [0.15, 0.2) is 35.4 Å². The smallest absolute Gasteiger partial charge is 0.405 e. The minimum Gasteiger partial charge on any atom is -0.543 e. The minimum absolute atomic E-state index is 0.101. The van der Waals surface area contributed by atoms with Crippen LogP contribution >= 0.6 is 11.6 Å². The molecule has 1 aromatic heterocycles. The second-order valence-electron chi connectivity index (χ2n) is 11.8. The maximum Gasteiger partial charge on any atom is 0.405 e. The van der Waals surface area contributed by atoms with Gasteiger partial charge in [-0.2, -0.15) is 0 Å². The molecule has 0 bridgehead atoms. The van der Waals surface area contributed by atoms with E-state index in [4.69, 9.17) is 30.5 Å². The molecule has 0 saturated carbocycles. The first kappa shape index (κ1) is 26.8. The monoisotopic (exact) mass is 554 g/mol. The highest BCUT2D eigenvalue weighted by molar-refractivity contribution is 6.74. The molecule has 9 heteroatoms. The van der Waals surface area contributed by atoms with Crippen molar-refractivity contribution in [1.82, 2.24) is 9.88 Å². The number of aromatic nitrogens is 1. The predicted molar refractivity (Wildman–Crippen MR) is 151 cm³/mol. The molecule has 2 aromatic rings. The fourth-order valence-corrected chi connectivity index (χ4v) is 6.63. The van der Waals surface area contributed by atoms with Crippen LogP contribution in [-0.2, 0) is 27.2 Å². The highest BCUT2D eigenvalue weighted by Gasteiger charge is 2.51. The van der Waals surface area contributed by atoms with Gasteiger partial charge in [-0.25, -0.2) is 14.6 Å². The van der Waals surface area contributed by atoms with Crippen molar-refractivity contribution >= 4 is 47.9 Å². The van der Waals surface area contributed by atoms with E-state index in [0.29, 0.717) is 18.7 Å². The zero-order valence-corrected chi connectivity index (χ0v) is 24.9. The van der Waals surface area contributed by atoms with Crippen molar-refractivity contribution < 1.29 is 23.5 Å². The third-order valence-corrected chi connectivity index (χ3v) is 13.0. The van der Waals surface area contributed by atoms with E-state index in [-0.39, 0.29) is 18.1 Å². The van der Waals surface area contributed by atoms with Crippen LogP contribution in [0.2, 0.25) is 18.1 Å². The molecule has 3 aliphatic rings. The van der Waals surface area contributed by atoms with Gasteiger partial charge in [-0.3, -0.25) is 0 Å². The van der Waals surface area contributed by atoms with Gasteiger partial charge in [-0.15, -0.1) is 0 Å². The van der Waals surface area contributed by atoms with E-state index in [9.17, 15) is 9.59 Å². The Bertz CT molecular complexity index is 1420. The molecule has 0 N–H and O–H groups in total. The number of halogens is 1. The molecule has 0 saturated heterocycles. The number of cyclic esters (lactones) is 1. The lowest BCUT2D eigenvalue weighted by atomic mass is 9.82. The molecule has 0 amide bonds. The lowest BCUT2D eigenvalue weighted by molar-refractivity contribution is -0.162. The number of aryl methyl sites for hydroxylation is 1. The summed E-state index contributed by atoms with van der Waals surface area (Å²) in [5.41, 5.74) is 4.15. The maximum absolute atomic E-state index is 12.9. The number of hydrogen-bond acceptors (Lipinski definition) is 7. The summed E-state index contributed by atoms with van der Waals surface area (Å²) in [5.74, 6) is 0.296. The van der Waals surface area contributed by atoms with Gasteiger partial charge in [0.2, 0.25) is 13.9 Å². The standard InChI is InChI=1S/C29H35ClN2O5Si/c1-8-19-20-12-18(37-38(6,7)28(3,4)5)10-11-23(20)31-25-21(19)15-32-14-17-16-35-26(33)29(9-2,36-27(30)34)22(17)13-24(25)32/h10-13H,8-9,14-16H2,1-7H3. The topological polar surface area (TPSA) is 78.0 Å². The Labute approximate surface area is 229 Å². The third kappa shape index (κ3) is 4.13. The van der Waals surface area contributed by atoms with Gasteiger partial charge in [0, 0.05) is 41.2 Å². The molecule has 0 fully saturated rings. The molecule has 202 valence electrons. The summed E-state index contributed by atoms with van der Waals surface area (Å²) in [4.78, 5) is 32.0. The number of ether oxygens (including phenoxy) is 2. The zero-order valence-electron chi connectivity index (χ0n) is 23.2. The maximum atomic E-state index is 12.9. The van der Waals surface area contributed by atoms with Crippen LogP contribution in [0.25, 0.3) is 16.6 Å². The summed E-state index contributed by atoms with van der Waals surface area (Å²) in [6.45, 7) is 16.6. The molecule has 5 rings (SSSR count). The fraction of sp³-hybridized carbons (Fsp3) is 0.483. The van der Waals surface area contributed by atoms with Crippen LogP contribution in [-0.4, -0.2) is 48.4 Å². The molecular formula is C29H35ClN2O5Si. The van der Waals surface area contributed by atoms with Gasteiger partial charge >= 0.3 is 11.4 Å². The third-order valence-electron chi connectivity index (χ3n) is 8.58. The van der Waals surface area contributed by atoms with Crippen molar-refractivity contribution in [3.05, 3.63) is 52.2 Å². The van der Waals surface area contributed by atoms with E-state index >= 15 is 0 Å². The Hall–Kier alpha value is -2.84. The molecule has 3 aliphatic heterocycles. The predicted octanol–water partition coefficient (Wildman–Crippen LogP) is 6.73. The van der Waals surface area contributed by atoms with Crippen molar-refractivity contribution in [3.63, 3.8) is 0 Å². The van der Waals surface area contributed by atoms with Gasteiger partial charge in [0.25, 0.3) is 0 Å². The Balaban J connectivity index is 1.61. The second-order valence-corrected chi connectivity index (χ2v) is 16.8. The molecule has 1 atom stereocenters. The van der Waals surface area contributed by atoms with Crippen molar-refractivity contribution in [2.75, 3.05) is 13.2 Å². The van der Waals surface area contributed by atoms with Crippen LogP contribution in [0.1, 0.15) is 57.9 Å². The molecular weight excluding hydrogens is 520 g/mol. The number of nitrogens with zero attached hydrogens (tertiary/aromatic N) is 2. The summed E-state index contributed by atoms with van der Waals surface area (Å²) in [5, 5.41) is 1.21. The second kappa shape index (κ2) is 9.12. The molecule has 38 heavy (non-hydrogen) atoms. The highest BCUT2D eigenvalue weighted by Crippen LogP contribution is 2.46. The van der Waals surface area contributed by atoms with Crippen LogP contribution in [0.5, 0.6) is 5.75 Å². The average Bonchev–Trinajstić information content (AvgIpc) is 3.19. The first-order valence-electron chi connectivity index (χ1n) is 13.2. The van der Waals surface area contributed by atoms with Crippen molar-refractivity contribution in [3.8, 4) is 5.75 Å². The number of fused-ring (bicyclic) bond motifs is 4.